The van der Waals surface area contributed by atoms with E-state index in [0.717, 1.165) is 17.9 Å². The standard InChI is InChI=1S/C14H18FN3O/c1-4-16-14-17-10(3)9-18(14)11-6-7-13(19-5-2)12(15)8-11/h6-9H,4-5H2,1-3H3,(H,16,17). The normalized spacial score (nSPS) is 10.5. The fraction of sp³-hybridized carbons (Fsp3) is 0.357. The number of aromatic nitrogens is 2. The van der Waals surface area contributed by atoms with Crippen LogP contribution in [0.25, 0.3) is 5.69 Å². The molecule has 1 N–H and O–H groups in total. The predicted molar refractivity (Wildman–Crippen MR) is 73.6 cm³/mol. The molecular weight excluding hydrogens is 245 g/mol. The number of imidazole rings is 1. The number of hydrogen-bond acceptors (Lipinski definition) is 3. The second-order valence-corrected chi connectivity index (χ2v) is 4.15. The van der Waals surface area contributed by atoms with Crippen LogP contribution in [0.4, 0.5) is 10.3 Å². The minimum Gasteiger partial charge on any atom is -0.491 e. The van der Waals surface area contributed by atoms with Crippen LogP contribution in [0.15, 0.2) is 24.4 Å². The third kappa shape index (κ3) is 2.86. The van der Waals surface area contributed by atoms with Crippen LogP contribution in [0.2, 0.25) is 0 Å². The Bertz CT molecular complexity index is 566. The van der Waals surface area contributed by atoms with Crippen molar-refractivity contribution < 1.29 is 9.13 Å². The molecule has 102 valence electrons. The van der Waals surface area contributed by atoms with Crippen molar-refractivity contribution in [2.75, 3.05) is 18.5 Å². The molecule has 0 saturated carbocycles. The van der Waals surface area contributed by atoms with Crippen LogP contribution < -0.4 is 10.1 Å². The first kappa shape index (κ1) is 13.4. The first-order valence-electron chi connectivity index (χ1n) is 6.38. The number of hydrogen-bond donors (Lipinski definition) is 1. The zero-order valence-corrected chi connectivity index (χ0v) is 11.4. The number of benzene rings is 1. The smallest absolute Gasteiger partial charge is 0.207 e. The van der Waals surface area contributed by atoms with Gasteiger partial charge in [0.1, 0.15) is 0 Å². The fourth-order valence-corrected chi connectivity index (χ4v) is 1.89. The van der Waals surface area contributed by atoms with E-state index in [1.807, 2.05) is 37.6 Å². The highest BCUT2D eigenvalue weighted by atomic mass is 19.1. The van der Waals surface area contributed by atoms with Crippen molar-refractivity contribution in [3.63, 3.8) is 0 Å². The molecule has 2 rings (SSSR count). The third-order valence-corrected chi connectivity index (χ3v) is 2.65. The van der Waals surface area contributed by atoms with Crippen molar-refractivity contribution in [1.29, 1.82) is 0 Å². The van der Waals surface area contributed by atoms with Crippen LogP contribution in [-0.2, 0) is 0 Å². The molecule has 0 aliphatic carbocycles. The van der Waals surface area contributed by atoms with Crippen LogP contribution in [0.3, 0.4) is 0 Å². The van der Waals surface area contributed by atoms with Gasteiger partial charge in [0.25, 0.3) is 0 Å². The number of nitrogens with one attached hydrogen (secondary N) is 1. The van der Waals surface area contributed by atoms with E-state index in [0.29, 0.717) is 12.6 Å². The molecular formula is C14H18FN3O. The van der Waals surface area contributed by atoms with E-state index in [4.69, 9.17) is 4.74 Å². The zero-order chi connectivity index (χ0) is 13.8. The quantitative estimate of drug-likeness (QED) is 0.900. The van der Waals surface area contributed by atoms with Crippen molar-refractivity contribution >= 4 is 5.95 Å². The van der Waals surface area contributed by atoms with Gasteiger partial charge in [-0.3, -0.25) is 4.57 Å². The topological polar surface area (TPSA) is 39.1 Å². The number of ether oxygens (including phenoxy) is 1. The molecule has 0 atom stereocenters. The van der Waals surface area contributed by atoms with E-state index in [9.17, 15) is 4.39 Å². The van der Waals surface area contributed by atoms with Gasteiger partial charge in [0.2, 0.25) is 5.95 Å². The van der Waals surface area contributed by atoms with Crippen molar-refractivity contribution in [1.82, 2.24) is 9.55 Å². The summed E-state index contributed by atoms with van der Waals surface area (Å²) < 4.78 is 20.9. The van der Waals surface area contributed by atoms with Gasteiger partial charge in [-0.05, 0) is 32.9 Å². The molecule has 0 radical (unpaired) electrons. The number of rotatable bonds is 5. The maximum absolute atomic E-state index is 13.9. The molecule has 1 heterocycles. The highest BCUT2D eigenvalue weighted by molar-refractivity contribution is 5.45. The van der Waals surface area contributed by atoms with E-state index >= 15 is 0 Å². The fourth-order valence-electron chi connectivity index (χ4n) is 1.89. The lowest BCUT2D eigenvalue weighted by molar-refractivity contribution is 0.321. The molecule has 1 aromatic heterocycles. The summed E-state index contributed by atoms with van der Waals surface area (Å²) in [6.07, 6.45) is 1.87. The molecule has 0 unspecified atom stereocenters. The van der Waals surface area contributed by atoms with E-state index < -0.39 is 0 Å². The summed E-state index contributed by atoms with van der Waals surface area (Å²) in [6.45, 7) is 6.93. The first-order chi connectivity index (χ1) is 9.15. The van der Waals surface area contributed by atoms with Gasteiger partial charge in [-0.25, -0.2) is 9.37 Å². The van der Waals surface area contributed by atoms with Crippen molar-refractivity contribution in [3.8, 4) is 11.4 Å². The molecule has 0 bridgehead atoms. The number of aryl methyl sites for hydroxylation is 1. The van der Waals surface area contributed by atoms with Crippen molar-refractivity contribution in [2.45, 2.75) is 20.8 Å². The van der Waals surface area contributed by atoms with Crippen LogP contribution >= 0.6 is 0 Å². The monoisotopic (exact) mass is 263 g/mol. The average molecular weight is 263 g/mol. The van der Waals surface area contributed by atoms with Crippen LogP contribution in [-0.4, -0.2) is 22.7 Å². The molecule has 0 saturated heterocycles. The van der Waals surface area contributed by atoms with Crippen LogP contribution in [0, 0.1) is 12.7 Å². The summed E-state index contributed by atoms with van der Waals surface area (Å²) in [4.78, 5) is 4.36. The maximum Gasteiger partial charge on any atom is 0.207 e. The van der Waals surface area contributed by atoms with E-state index in [2.05, 4.69) is 10.3 Å². The SMILES string of the molecule is CCNc1nc(C)cn1-c1ccc(OCC)c(F)c1. The second-order valence-electron chi connectivity index (χ2n) is 4.15. The number of anilines is 1. The van der Waals surface area contributed by atoms with Crippen LogP contribution in [0.5, 0.6) is 5.75 Å². The predicted octanol–water partition coefficient (Wildman–Crippen LogP) is 3.15. The molecule has 1 aromatic carbocycles. The van der Waals surface area contributed by atoms with Gasteiger partial charge in [-0.2, -0.15) is 0 Å². The Kier molecular flexibility index (Phi) is 4.04. The highest BCUT2D eigenvalue weighted by Crippen LogP contribution is 2.23. The number of nitrogens with zero attached hydrogens (tertiary/aromatic N) is 2. The minimum atomic E-state index is -0.367. The highest BCUT2D eigenvalue weighted by Gasteiger charge is 2.10. The largest absolute Gasteiger partial charge is 0.491 e. The molecule has 0 amide bonds. The molecule has 0 fully saturated rings. The van der Waals surface area contributed by atoms with Gasteiger partial charge >= 0.3 is 0 Å². The second kappa shape index (κ2) is 5.73. The third-order valence-electron chi connectivity index (χ3n) is 2.65. The molecule has 5 heteroatoms. The Hall–Kier alpha value is -2.04. The zero-order valence-electron chi connectivity index (χ0n) is 11.4. The molecule has 4 nitrogen and oxygen atoms in total. The summed E-state index contributed by atoms with van der Waals surface area (Å²) in [7, 11) is 0. The Balaban J connectivity index is 2.38. The van der Waals surface area contributed by atoms with Gasteiger partial charge in [0, 0.05) is 18.8 Å². The van der Waals surface area contributed by atoms with Gasteiger partial charge in [-0.1, -0.05) is 0 Å². The Morgan fingerprint density at radius 3 is 2.79 bits per heavy atom. The van der Waals surface area contributed by atoms with E-state index in [-0.39, 0.29) is 11.6 Å². The van der Waals surface area contributed by atoms with E-state index in [1.165, 1.54) is 6.07 Å². The lowest BCUT2D eigenvalue weighted by Gasteiger charge is -2.10. The Labute approximate surface area is 112 Å². The molecule has 19 heavy (non-hydrogen) atoms. The van der Waals surface area contributed by atoms with E-state index in [1.54, 1.807) is 6.07 Å². The average Bonchev–Trinajstić information content (AvgIpc) is 2.74. The molecule has 0 spiro atoms. The summed E-state index contributed by atoms with van der Waals surface area (Å²) >= 11 is 0. The summed E-state index contributed by atoms with van der Waals surface area (Å²) in [5, 5.41) is 3.15. The van der Waals surface area contributed by atoms with Gasteiger partial charge in [0.05, 0.1) is 18.0 Å². The summed E-state index contributed by atoms with van der Waals surface area (Å²) in [5.74, 6) is 0.616. The molecule has 2 aromatic rings. The minimum absolute atomic E-state index is 0.271. The van der Waals surface area contributed by atoms with Crippen molar-refractivity contribution in [3.05, 3.63) is 35.9 Å². The lowest BCUT2D eigenvalue weighted by atomic mass is 10.3. The summed E-state index contributed by atoms with van der Waals surface area (Å²) in [5.41, 5.74) is 1.60. The molecule has 0 aliphatic heterocycles. The number of halogens is 1. The van der Waals surface area contributed by atoms with Crippen molar-refractivity contribution in [2.24, 2.45) is 0 Å². The lowest BCUT2D eigenvalue weighted by Crippen LogP contribution is -2.05. The Morgan fingerprint density at radius 1 is 1.37 bits per heavy atom. The first-order valence-corrected chi connectivity index (χ1v) is 6.38. The summed E-state index contributed by atoms with van der Waals surface area (Å²) in [6, 6.07) is 4.90. The van der Waals surface area contributed by atoms with Gasteiger partial charge < -0.3 is 10.1 Å². The van der Waals surface area contributed by atoms with Gasteiger partial charge in [-0.15, -0.1) is 0 Å². The molecule has 0 aliphatic rings. The maximum atomic E-state index is 13.9. The Morgan fingerprint density at radius 2 is 2.16 bits per heavy atom. The van der Waals surface area contributed by atoms with Gasteiger partial charge in [0.15, 0.2) is 11.6 Å². The van der Waals surface area contributed by atoms with Crippen LogP contribution in [0.1, 0.15) is 19.5 Å².